The highest BCUT2D eigenvalue weighted by atomic mass is 32.2. The molecule has 1 aromatic heterocycles. The SMILES string of the molecule is O=C(CC1CSCCN1)NCc1cncs1. The quantitative estimate of drug-likeness (QED) is 0.840. The molecule has 6 heteroatoms. The third-order valence-corrected chi connectivity index (χ3v) is 4.28. The van der Waals surface area contributed by atoms with Crippen LogP contribution in [0, 0.1) is 0 Å². The largest absolute Gasteiger partial charge is 0.351 e. The van der Waals surface area contributed by atoms with Crippen LogP contribution in [0.5, 0.6) is 0 Å². The molecule has 0 aromatic carbocycles. The number of thioether (sulfide) groups is 1. The Labute approximate surface area is 103 Å². The van der Waals surface area contributed by atoms with Gasteiger partial charge < -0.3 is 10.6 Å². The summed E-state index contributed by atoms with van der Waals surface area (Å²) in [5.74, 6) is 2.31. The zero-order chi connectivity index (χ0) is 11.2. The first-order valence-corrected chi connectivity index (χ1v) is 7.33. The second-order valence-electron chi connectivity index (χ2n) is 3.67. The summed E-state index contributed by atoms with van der Waals surface area (Å²) in [6.07, 6.45) is 2.37. The van der Waals surface area contributed by atoms with Crippen LogP contribution in [0.2, 0.25) is 0 Å². The highest BCUT2D eigenvalue weighted by molar-refractivity contribution is 7.99. The standard InChI is InChI=1S/C10H15N3OS2/c14-10(3-8-6-15-2-1-12-8)13-5-9-4-11-7-16-9/h4,7-8,12H,1-3,5-6H2,(H,13,14). The molecule has 88 valence electrons. The summed E-state index contributed by atoms with van der Waals surface area (Å²) in [6, 6.07) is 0.334. The summed E-state index contributed by atoms with van der Waals surface area (Å²) >= 11 is 3.48. The van der Waals surface area contributed by atoms with E-state index in [1.54, 1.807) is 23.0 Å². The van der Waals surface area contributed by atoms with Gasteiger partial charge in [0.2, 0.25) is 5.91 Å². The molecule has 0 aliphatic carbocycles. The number of amides is 1. The Morgan fingerprint density at radius 2 is 2.62 bits per heavy atom. The van der Waals surface area contributed by atoms with E-state index in [0.717, 1.165) is 22.9 Å². The zero-order valence-corrected chi connectivity index (χ0v) is 10.6. The highest BCUT2D eigenvalue weighted by Crippen LogP contribution is 2.10. The Bertz CT molecular complexity index is 323. The average molecular weight is 257 g/mol. The number of carbonyl (C=O) groups is 1. The zero-order valence-electron chi connectivity index (χ0n) is 8.94. The lowest BCUT2D eigenvalue weighted by Crippen LogP contribution is -2.41. The number of aromatic nitrogens is 1. The van der Waals surface area contributed by atoms with Crippen LogP contribution in [0.4, 0.5) is 0 Å². The summed E-state index contributed by atoms with van der Waals surface area (Å²) in [7, 11) is 0. The Balaban J connectivity index is 1.67. The van der Waals surface area contributed by atoms with E-state index in [0.29, 0.717) is 19.0 Å². The van der Waals surface area contributed by atoms with E-state index in [1.165, 1.54) is 0 Å². The molecule has 1 aliphatic rings. The minimum absolute atomic E-state index is 0.119. The Hall–Kier alpha value is -0.590. The van der Waals surface area contributed by atoms with Gasteiger partial charge in [-0.05, 0) is 0 Å². The first-order chi connectivity index (χ1) is 7.84. The van der Waals surface area contributed by atoms with Gasteiger partial charge in [-0.15, -0.1) is 11.3 Å². The number of hydrogen-bond donors (Lipinski definition) is 2. The highest BCUT2D eigenvalue weighted by Gasteiger charge is 2.16. The lowest BCUT2D eigenvalue weighted by molar-refractivity contribution is -0.121. The molecule has 2 rings (SSSR count). The number of nitrogens with zero attached hydrogens (tertiary/aromatic N) is 1. The van der Waals surface area contributed by atoms with Gasteiger partial charge in [0.05, 0.1) is 12.1 Å². The fourth-order valence-electron chi connectivity index (χ4n) is 1.56. The fraction of sp³-hybridized carbons (Fsp3) is 0.600. The van der Waals surface area contributed by atoms with E-state index < -0.39 is 0 Å². The van der Waals surface area contributed by atoms with Crippen molar-refractivity contribution in [2.24, 2.45) is 0 Å². The fourth-order valence-corrected chi connectivity index (χ4v) is 3.05. The Morgan fingerprint density at radius 1 is 1.69 bits per heavy atom. The van der Waals surface area contributed by atoms with Gasteiger partial charge in [-0.3, -0.25) is 9.78 Å². The molecule has 0 saturated carbocycles. The Morgan fingerprint density at radius 3 is 3.31 bits per heavy atom. The van der Waals surface area contributed by atoms with Crippen molar-refractivity contribution in [2.45, 2.75) is 19.0 Å². The van der Waals surface area contributed by atoms with Crippen LogP contribution < -0.4 is 10.6 Å². The average Bonchev–Trinajstić information content (AvgIpc) is 2.81. The van der Waals surface area contributed by atoms with Gasteiger partial charge in [0.25, 0.3) is 0 Å². The van der Waals surface area contributed by atoms with Gasteiger partial charge >= 0.3 is 0 Å². The molecule has 2 N–H and O–H groups in total. The van der Waals surface area contributed by atoms with Crippen molar-refractivity contribution in [3.8, 4) is 0 Å². The molecule has 16 heavy (non-hydrogen) atoms. The maximum Gasteiger partial charge on any atom is 0.221 e. The molecular weight excluding hydrogens is 242 g/mol. The minimum atomic E-state index is 0.119. The summed E-state index contributed by atoms with van der Waals surface area (Å²) in [5.41, 5.74) is 1.78. The number of carbonyl (C=O) groups excluding carboxylic acids is 1. The van der Waals surface area contributed by atoms with Gasteiger partial charge in [-0.2, -0.15) is 11.8 Å². The van der Waals surface area contributed by atoms with Crippen molar-refractivity contribution in [1.82, 2.24) is 15.6 Å². The predicted molar refractivity (Wildman–Crippen MR) is 67.7 cm³/mol. The van der Waals surface area contributed by atoms with Gasteiger partial charge in [0, 0.05) is 41.6 Å². The van der Waals surface area contributed by atoms with Crippen LogP contribution in [0.1, 0.15) is 11.3 Å². The van der Waals surface area contributed by atoms with E-state index in [2.05, 4.69) is 15.6 Å². The van der Waals surface area contributed by atoms with E-state index in [9.17, 15) is 4.79 Å². The molecule has 0 bridgehead atoms. The van der Waals surface area contributed by atoms with Crippen LogP contribution in [0.3, 0.4) is 0 Å². The van der Waals surface area contributed by atoms with Crippen molar-refractivity contribution in [1.29, 1.82) is 0 Å². The molecular formula is C10H15N3OS2. The maximum absolute atomic E-state index is 11.6. The lowest BCUT2D eigenvalue weighted by Gasteiger charge is -2.22. The molecule has 1 fully saturated rings. The number of thiazole rings is 1. The predicted octanol–water partition coefficient (Wildman–Crippen LogP) is 0.854. The van der Waals surface area contributed by atoms with Crippen molar-refractivity contribution in [3.05, 3.63) is 16.6 Å². The smallest absolute Gasteiger partial charge is 0.221 e. The molecule has 0 radical (unpaired) electrons. The minimum Gasteiger partial charge on any atom is -0.351 e. The molecule has 1 unspecified atom stereocenters. The second-order valence-corrected chi connectivity index (χ2v) is 5.80. The van der Waals surface area contributed by atoms with Gasteiger partial charge in [0.1, 0.15) is 0 Å². The normalized spacial score (nSPS) is 20.6. The van der Waals surface area contributed by atoms with Crippen LogP contribution in [-0.4, -0.2) is 35.0 Å². The van der Waals surface area contributed by atoms with Crippen molar-refractivity contribution in [3.63, 3.8) is 0 Å². The molecule has 1 saturated heterocycles. The summed E-state index contributed by atoms with van der Waals surface area (Å²) in [6.45, 7) is 1.61. The number of rotatable bonds is 4. The van der Waals surface area contributed by atoms with Crippen LogP contribution in [-0.2, 0) is 11.3 Å². The van der Waals surface area contributed by atoms with E-state index in [-0.39, 0.29) is 5.91 Å². The first kappa shape index (κ1) is 11.9. The molecule has 1 atom stereocenters. The Kier molecular flexibility index (Phi) is 4.62. The van der Waals surface area contributed by atoms with E-state index in [4.69, 9.17) is 0 Å². The molecule has 1 amide bonds. The van der Waals surface area contributed by atoms with Gasteiger partial charge in [0.15, 0.2) is 0 Å². The monoisotopic (exact) mass is 257 g/mol. The van der Waals surface area contributed by atoms with Crippen molar-refractivity contribution < 1.29 is 4.79 Å². The topological polar surface area (TPSA) is 54.0 Å². The molecule has 1 aliphatic heterocycles. The lowest BCUT2D eigenvalue weighted by atomic mass is 10.2. The van der Waals surface area contributed by atoms with E-state index in [1.807, 2.05) is 11.8 Å². The summed E-state index contributed by atoms with van der Waals surface area (Å²) in [4.78, 5) is 16.7. The number of hydrogen-bond acceptors (Lipinski definition) is 5. The van der Waals surface area contributed by atoms with Crippen LogP contribution in [0.25, 0.3) is 0 Å². The van der Waals surface area contributed by atoms with Crippen LogP contribution >= 0.6 is 23.1 Å². The van der Waals surface area contributed by atoms with Gasteiger partial charge in [-0.1, -0.05) is 0 Å². The molecule has 1 aromatic rings. The van der Waals surface area contributed by atoms with Crippen LogP contribution in [0.15, 0.2) is 11.7 Å². The third kappa shape index (κ3) is 3.77. The molecule has 0 spiro atoms. The number of nitrogens with one attached hydrogen (secondary N) is 2. The summed E-state index contributed by atoms with van der Waals surface area (Å²) < 4.78 is 0. The van der Waals surface area contributed by atoms with Crippen molar-refractivity contribution >= 4 is 29.0 Å². The van der Waals surface area contributed by atoms with Gasteiger partial charge in [-0.25, -0.2) is 0 Å². The van der Waals surface area contributed by atoms with Crippen molar-refractivity contribution in [2.75, 3.05) is 18.1 Å². The molecule has 2 heterocycles. The summed E-state index contributed by atoms with van der Waals surface area (Å²) in [5, 5.41) is 6.27. The molecule has 4 nitrogen and oxygen atoms in total. The third-order valence-electron chi connectivity index (χ3n) is 2.37. The maximum atomic E-state index is 11.6. The second kappa shape index (κ2) is 6.22. The van der Waals surface area contributed by atoms with E-state index >= 15 is 0 Å². The first-order valence-electron chi connectivity index (χ1n) is 5.30.